The van der Waals surface area contributed by atoms with Gasteiger partial charge in [-0.2, -0.15) is 4.98 Å². The summed E-state index contributed by atoms with van der Waals surface area (Å²) in [5, 5.41) is 1.09. The minimum absolute atomic E-state index is 0.160. The first kappa shape index (κ1) is 15.0. The standard InChI is InChI=1S/C14H23N5S/c1-8-7-10-11(19(6)9(2)14(3,4)5)16-13(18-15)17-12(10)20-8/h7,9H,15H2,1-6H3,(H,16,17,18). The highest BCUT2D eigenvalue weighted by atomic mass is 32.1. The Labute approximate surface area is 124 Å². The minimum Gasteiger partial charge on any atom is -0.356 e. The molecular weight excluding hydrogens is 270 g/mol. The normalized spacial score (nSPS) is 13.6. The van der Waals surface area contributed by atoms with Crippen molar-refractivity contribution < 1.29 is 0 Å². The second-order valence-electron chi connectivity index (χ2n) is 6.24. The molecule has 0 amide bonds. The zero-order chi connectivity index (χ0) is 15.1. The molecule has 0 radical (unpaired) electrons. The zero-order valence-corrected chi connectivity index (χ0v) is 13.8. The number of hydrogen-bond acceptors (Lipinski definition) is 6. The zero-order valence-electron chi connectivity index (χ0n) is 13.0. The molecule has 2 aromatic heterocycles. The largest absolute Gasteiger partial charge is 0.356 e. The maximum atomic E-state index is 5.49. The van der Waals surface area contributed by atoms with Gasteiger partial charge in [0.1, 0.15) is 10.6 Å². The Morgan fingerprint density at radius 1 is 1.35 bits per heavy atom. The fraction of sp³-hybridized carbons (Fsp3) is 0.571. The molecule has 0 fully saturated rings. The molecule has 0 saturated heterocycles. The predicted octanol–water partition coefficient (Wildman–Crippen LogP) is 3.16. The van der Waals surface area contributed by atoms with Crippen LogP contribution in [-0.4, -0.2) is 23.1 Å². The van der Waals surface area contributed by atoms with Gasteiger partial charge in [0, 0.05) is 18.0 Å². The number of nitrogens with one attached hydrogen (secondary N) is 1. The highest BCUT2D eigenvalue weighted by Crippen LogP contribution is 2.34. The SMILES string of the molecule is Cc1cc2c(N(C)C(C)C(C)(C)C)nc(NN)nc2s1. The Kier molecular flexibility index (Phi) is 3.88. The summed E-state index contributed by atoms with van der Waals surface area (Å²) in [6.45, 7) is 11.0. The maximum absolute atomic E-state index is 5.49. The van der Waals surface area contributed by atoms with Crippen LogP contribution in [0.1, 0.15) is 32.6 Å². The smallest absolute Gasteiger partial charge is 0.240 e. The van der Waals surface area contributed by atoms with Gasteiger partial charge in [-0.05, 0) is 25.3 Å². The van der Waals surface area contributed by atoms with Crippen LogP contribution < -0.4 is 16.2 Å². The van der Waals surface area contributed by atoms with Crippen molar-refractivity contribution in [1.29, 1.82) is 0 Å². The summed E-state index contributed by atoms with van der Waals surface area (Å²) in [7, 11) is 2.07. The molecule has 0 bridgehead atoms. The van der Waals surface area contributed by atoms with Crippen LogP contribution in [0.2, 0.25) is 0 Å². The lowest BCUT2D eigenvalue weighted by Gasteiger charge is -2.36. The van der Waals surface area contributed by atoms with Crippen LogP contribution >= 0.6 is 11.3 Å². The fourth-order valence-electron chi connectivity index (χ4n) is 2.12. The highest BCUT2D eigenvalue weighted by Gasteiger charge is 2.26. The van der Waals surface area contributed by atoms with Crippen LogP contribution in [0.25, 0.3) is 10.2 Å². The number of hydrogen-bond donors (Lipinski definition) is 2. The van der Waals surface area contributed by atoms with Crippen molar-refractivity contribution in [2.24, 2.45) is 11.3 Å². The number of rotatable bonds is 3. The molecule has 2 heterocycles. The summed E-state index contributed by atoms with van der Waals surface area (Å²) in [6.07, 6.45) is 0. The van der Waals surface area contributed by atoms with E-state index in [1.165, 1.54) is 4.88 Å². The van der Waals surface area contributed by atoms with Crippen LogP contribution in [0.15, 0.2) is 6.07 Å². The number of thiophene rings is 1. The molecule has 0 saturated carbocycles. The predicted molar refractivity (Wildman–Crippen MR) is 87.3 cm³/mol. The average Bonchev–Trinajstić information content (AvgIpc) is 2.74. The first-order chi connectivity index (χ1) is 9.24. The van der Waals surface area contributed by atoms with Crippen molar-refractivity contribution in [2.75, 3.05) is 17.4 Å². The first-order valence-electron chi connectivity index (χ1n) is 6.71. The molecule has 1 unspecified atom stereocenters. The van der Waals surface area contributed by atoms with E-state index in [9.17, 15) is 0 Å². The Balaban J connectivity index is 2.57. The van der Waals surface area contributed by atoms with Gasteiger partial charge in [0.2, 0.25) is 5.95 Å². The molecule has 0 aromatic carbocycles. The number of anilines is 2. The van der Waals surface area contributed by atoms with E-state index in [2.05, 4.69) is 68.0 Å². The number of fused-ring (bicyclic) bond motifs is 1. The Morgan fingerprint density at radius 2 is 2.00 bits per heavy atom. The van der Waals surface area contributed by atoms with Crippen molar-refractivity contribution in [1.82, 2.24) is 9.97 Å². The molecule has 110 valence electrons. The third-order valence-corrected chi connectivity index (χ3v) is 4.74. The molecule has 20 heavy (non-hydrogen) atoms. The van der Waals surface area contributed by atoms with Crippen molar-refractivity contribution in [3.63, 3.8) is 0 Å². The van der Waals surface area contributed by atoms with Crippen LogP contribution in [0, 0.1) is 12.3 Å². The first-order valence-corrected chi connectivity index (χ1v) is 7.53. The quantitative estimate of drug-likeness (QED) is 0.672. The average molecular weight is 293 g/mol. The lowest BCUT2D eigenvalue weighted by atomic mass is 9.87. The van der Waals surface area contributed by atoms with E-state index in [0.29, 0.717) is 12.0 Å². The maximum Gasteiger partial charge on any atom is 0.240 e. The molecule has 6 heteroatoms. The Morgan fingerprint density at radius 3 is 2.55 bits per heavy atom. The molecule has 0 spiro atoms. The van der Waals surface area contributed by atoms with Crippen LogP contribution in [0.4, 0.5) is 11.8 Å². The third-order valence-electron chi connectivity index (χ3n) is 3.79. The molecule has 2 rings (SSSR count). The van der Waals surface area contributed by atoms with Gasteiger partial charge < -0.3 is 4.90 Å². The van der Waals surface area contributed by atoms with Crippen molar-refractivity contribution in [2.45, 2.75) is 40.7 Å². The van der Waals surface area contributed by atoms with Crippen molar-refractivity contribution in [3.05, 3.63) is 10.9 Å². The van der Waals surface area contributed by atoms with E-state index in [1.54, 1.807) is 11.3 Å². The molecule has 1 atom stereocenters. The summed E-state index contributed by atoms with van der Waals surface area (Å²) in [4.78, 5) is 13.4. The molecule has 0 aliphatic heterocycles. The lowest BCUT2D eigenvalue weighted by molar-refractivity contribution is 0.329. The molecule has 3 N–H and O–H groups in total. The molecular formula is C14H23N5S. The second kappa shape index (κ2) is 5.18. The van der Waals surface area contributed by atoms with E-state index in [-0.39, 0.29) is 5.41 Å². The van der Waals surface area contributed by atoms with Crippen molar-refractivity contribution in [3.8, 4) is 0 Å². The van der Waals surface area contributed by atoms with E-state index < -0.39 is 0 Å². The van der Waals surface area contributed by atoms with Gasteiger partial charge in [-0.15, -0.1) is 11.3 Å². The van der Waals surface area contributed by atoms with Gasteiger partial charge in [-0.25, -0.2) is 10.8 Å². The van der Waals surface area contributed by atoms with E-state index >= 15 is 0 Å². The third kappa shape index (κ3) is 2.71. The number of aryl methyl sites for hydroxylation is 1. The number of nitrogens with zero attached hydrogens (tertiary/aromatic N) is 3. The summed E-state index contributed by atoms with van der Waals surface area (Å²) in [5.74, 6) is 6.88. The van der Waals surface area contributed by atoms with Crippen LogP contribution in [0.5, 0.6) is 0 Å². The summed E-state index contributed by atoms with van der Waals surface area (Å²) >= 11 is 1.66. The fourth-order valence-corrected chi connectivity index (χ4v) is 3.00. The van der Waals surface area contributed by atoms with Gasteiger partial charge in [-0.1, -0.05) is 20.8 Å². The van der Waals surface area contributed by atoms with Crippen LogP contribution in [0.3, 0.4) is 0 Å². The van der Waals surface area contributed by atoms with E-state index in [1.807, 2.05) is 0 Å². The number of nitrogens with two attached hydrogens (primary N) is 1. The van der Waals surface area contributed by atoms with Gasteiger partial charge >= 0.3 is 0 Å². The minimum atomic E-state index is 0.160. The van der Waals surface area contributed by atoms with Gasteiger partial charge in [-0.3, -0.25) is 5.43 Å². The summed E-state index contributed by atoms with van der Waals surface area (Å²) in [5.41, 5.74) is 2.72. The van der Waals surface area contributed by atoms with Gasteiger partial charge in [0.05, 0.1) is 5.39 Å². The van der Waals surface area contributed by atoms with E-state index in [4.69, 9.17) is 5.84 Å². The summed E-state index contributed by atoms with van der Waals surface area (Å²) in [6, 6.07) is 2.48. The molecule has 0 aliphatic rings. The molecule has 5 nitrogen and oxygen atoms in total. The van der Waals surface area contributed by atoms with E-state index in [0.717, 1.165) is 16.0 Å². The molecule has 2 aromatic rings. The highest BCUT2D eigenvalue weighted by molar-refractivity contribution is 7.18. The van der Waals surface area contributed by atoms with Gasteiger partial charge in [0.25, 0.3) is 0 Å². The summed E-state index contributed by atoms with van der Waals surface area (Å²) < 4.78 is 0. The molecule has 0 aliphatic carbocycles. The van der Waals surface area contributed by atoms with Gasteiger partial charge in [0.15, 0.2) is 0 Å². The lowest BCUT2D eigenvalue weighted by Crippen LogP contribution is -2.40. The Hall–Kier alpha value is -1.40. The topological polar surface area (TPSA) is 67.1 Å². The number of nitrogen functional groups attached to an aromatic ring is 1. The number of hydrazine groups is 1. The van der Waals surface area contributed by atoms with Crippen molar-refractivity contribution >= 4 is 33.3 Å². The second-order valence-corrected chi connectivity index (χ2v) is 7.48. The van der Waals surface area contributed by atoms with Crippen LogP contribution in [-0.2, 0) is 0 Å². The Bertz CT molecular complexity index is 614. The number of aromatic nitrogens is 2. The monoisotopic (exact) mass is 293 g/mol.